The fourth-order valence-electron chi connectivity index (χ4n) is 3.92. The maximum atomic E-state index is 5.53. The molecule has 2 heterocycles. The number of nitrogens with one attached hydrogen (secondary N) is 1. The van der Waals surface area contributed by atoms with Crippen molar-refractivity contribution in [1.82, 2.24) is 30.5 Å². The predicted octanol–water partition coefficient (Wildman–Crippen LogP) is 3.02. The van der Waals surface area contributed by atoms with Crippen LogP contribution in [0.15, 0.2) is 41.1 Å². The van der Waals surface area contributed by atoms with Gasteiger partial charge in [0, 0.05) is 25.4 Å². The Morgan fingerprint density at radius 1 is 1.27 bits per heavy atom. The summed E-state index contributed by atoms with van der Waals surface area (Å²) in [6.45, 7) is 4.05. The summed E-state index contributed by atoms with van der Waals surface area (Å²) in [5.41, 5.74) is 2.30. The summed E-state index contributed by atoms with van der Waals surface area (Å²) in [5, 5.41) is 19.9. The molecule has 3 atom stereocenters. The van der Waals surface area contributed by atoms with Crippen LogP contribution in [0.25, 0.3) is 5.69 Å². The lowest BCUT2D eigenvalue weighted by Crippen LogP contribution is -2.30. The van der Waals surface area contributed by atoms with Crippen molar-refractivity contribution in [2.24, 2.45) is 5.92 Å². The molecule has 0 aliphatic heterocycles. The lowest BCUT2D eigenvalue weighted by Gasteiger charge is -2.22. The quantitative estimate of drug-likeness (QED) is 0.734. The Bertz CT molecular complexity index is 843. The first kappa shape index (κ1) is 16.9. The van der Waals surface area contributed by atoms with Crippen molar-refractivity contribution < 1.29 is 4.42 Å². The zero-order valence-electron chi connectivity index (χ0n) is 15.2. The van der Waals surface area contributed by atoms with Crippen LogP contribution in [0.1, 0.15) is 49.6 Å². The molecule has 136 valence electrons. The van der Waals surface area contributed by atoms with Gasteiger partial charge in [-0.1, -0.05) is 23.4 Å². The van der Waals surface area contributed by atoms with E-state index in [0.717, 1.165) is 24.4 Å². The van der Waals surface area contributed by atoms with Gasteiger partial charge in [0.25, 0.3) is 0 Å². The third-order valence-electron chi connectivity index (χ3n) is 5.13. The molecule has 4 rings (SSSR count). The van der Waals surface area contributed by atoms with E-state index in [-0.39, 0.29) is 6.04 Å². The second kappa shape index (κ2) is 7.37. The van der Waals surface area contributed by atoms with Crippen LogP contribution in [0.3, 0.4) is 0 Å². The van der Waals surface area contributed by atoms with Crippen molar-refractivity contribution in [1.29, 1.82) is 0 Å². The molecule has 26 heavy (non-hydrogen) atoms. The highest BCUT2D eigenvalue weighted by molar-refractivity contribution is 5.41. The Labute approximate surface area is 152 Å². The Hall–Kier alpha value is -2.54. The molecule has 1 aromatic carbocycles. The van der Waals surface area contributed by atoms with Crippen molar-refractivity contribution >= 4 is 0 Å². The average molecular weight is 352 g/mol. The second-order valence-corrected chi connectivity index (χ2v) is 7.09. The number of benzene rings is 1. The number of nitrogens with zero attached hydrogens (tertiary/aromatic N) is 5. The lowest BCUT2D eigenvalue weighted by atomic mass is 10.0. The normalized spacial score (nSPS) is 21.2. The van der Waals surface area contributed by atoms with Gasteiger partial charge in [-0.25, -0.2) is 4.68 Å². The minimum absolute atomic E-state index is 0.241. The number of rotatable bonds is 6. The van der Waals surface area contributed by atoms with Crippen LogP contribution >= 0.6 is 0 Å². The summed E-state index contributed by atoms with van der Waals surface area (Å²) < 4.78 is 7.35. The molecule has 0 spiro atoms. The highest BCUT2D eigenvalue weighted by atomic mass is 16.4. The summed E-state index contributed by atoms with van der Waals surface area (Å²) in [5.74, 6) is 2.01. The molecule has 0 saturated heterocycles. The fourth-order valence-corrected chi connectivity index (χ4v) is 3.92. The maximum absolute atomic E-state index is 5.53. The summed E-state index contributed by atoms with van der Waals surface area (Å²) in [7, 11) is 0. The zero-order valence-corrected chi connectivity index (χ0v) is 15.2. The van der Waals surface area contributed by atoms with E-state index in [4.69, 9.17) is 4.42 Å². The highest BCUT2D eigenvalue weighted by Gasteiger charge is 2.27. The van der Waals surface area contributed by atoms with Gasteiger partial charge in [0.2, 0.25) is 11.8 Å². The van der Waals surface area contributed by atoms with Crippen LogP contribution in [-0.4, -0.2) is 31.2 Å². The molecule has 1 fully saturated rings. The first-order valence-electron chi connectivity index (χ1n) is 9.19. The van der Waals surface area contributed by atoms with Crippen molar-refractivity contribution in [3.63, 3.8) is 0 Å². The van der Waals surface area contributed by atoms with E-state index < -0.39 is 0 Å². The first-order chi connectivity index (χ1) is 12.7. The number of hydrogen-bond acceptors (Lipinski definition) is 6. The summed E-state index contributed by atoms with van der Waals surface area (Å²) >= 11 is 0. The van der Waals surface area contributed by atoms with E-state index in [0.29, 0.717) is 17.9 Å². The third kappa shape index (κ3) is 3.67. The SMILES string of the molecule is Cc1nnc(C[C@@H]2CC[C@H](NC(C)c3ccccc3-n3ccnn3)C2)o1. The molecule has 7 heteroatoms. The molecule has 0 bridgehead atoms. The molecule has 0 amide bonds. The van der Waals surface area contributed by atoms with Crippen LogP contribution in [0.5, 0.6) is 0 Å². The van der Waals surface area contributed by atoms with Gasteiger partial charge in [0.1, 0.15) is 0 Å². The maximum Gasteiger partial charge on any atom is 0.216 e. The van der Waals surface area contributed by atoms with Gasteiger partial charge >= 0.3 is 0 Å². The molecule has 1 aliphatic carbocycles. The monoisotopic (exact) mass is 352 g/mol. The summed E-state index contributed by atoms with van der Waals surface area (Å²) in [6, 6.07) is 9.08. The summed E-state index contributed by atoms with van der Waals surface area (Å²) in [4.78, 5) is 0. The molecule has 0 radical (unpaired) electrons. The molecule has 7 nitrogen and oxygen atoms in total. The van der Waals surface area contributed by atoms with Gasteiger partial charge in [-0.05, 0) is 43.7 Å². The first-order valence-corrected chi connectivity index (χ1v) is 9.19. The van der Waals surface area contributed by atoms with Gasteiger partial charge in [0.15, 0.2) is 0 Å². The Balaban J connectivity index is 1.39. The minimum Gasteiger partial charge on any atom is -0.426 e. The molecule has 1 unspecified atom stereocenters. The van der Waals surface area contributed by atoms with E-state index in [1.54, 1.807) is 6.20 Å². The van der Waals surface area contributed by atoms with Gasteiger partial charge < -0.3 is 9.73 Å². The number of para-hydroxylation sites is 1. The van der Waals surface area contributed by atoms with Gasteiger partial charge in [-0.3, -0.25) is 0 Å². The van der Waals surface area contributed by atoms with Crippen LogP contribution in [-0.2, 0) is 6.42 Å². The van der Waals surface area contributed by atoms with Crippen LogP contribution in [0.2, 0.25) is 0 Å². The molecule has 1 N–H and O–H groups in total. The molecular weight excluding hydrogens is 328 g/mol. The predicted molar refractivity (Wildman–Crippen MR) is 96.8 cm³/mol. The van der Waals surface area contributed by atoms with Crippen molar-refractivity contribution in [2.45, 2.75) is 51.6 Å². The lowest BCUT2D eigenvalue weighted by molar-refractivity contribution is 0.401. The largest absolute Gasteiger partial charge is 0.426 e. The van der Waals surface area contributed by atoms with Crippen LogP contribution < -0.4 is 5.32 Å². The highest BCUT2D eigenvalue weighted by Crippen LogP contribution is 2.31. The van der Waals surface area contributed by atoms with Crippen molar-refractivity contribution in [3.8, 4) is 5.69 Å². The zero-order chi connectivity index (χ0) is 17.9. The average Bonchev–Trinajstić information content (AvgIpc) is 3.38. The molecule has 2 aromatic heterocycles. The molecule has 3 aromatic rings. The van der Waals surface area contributed by atoms with Gasteiger partial charge in [-0.2, -0.15) is 0 Å². The number of aromatic nitrogens is 5. The third-order valence-corrected chi connectivity index (χ3v) is 5.13. The standard InChI is InChI=1S/C19H24N6O/c1-13(17-5-3-4-6-18(17)25-10-9-20-24-25)21-16-8-7-15(11-16)12-19-23-22-14(2)26-19/h3-6,9-10,13,15-16,21H,7-8,11-12H2,1-2H3/t13?,15-,16+/m1/s1. The minimum atomic E-state index is 0.241. The molecular formula is C19H24N6O. The van der Waals surface area contributed by atoms with Crippen molar-refractivity contribution in [3.05, 3.63) is 54.0 Å². The molecule has 1 saturated carbocycles. The van der Waals surface area contributed by atoms with E-state index in [1.165, 1.54) is 18.4 Å². The van der Waals surface area contributed by atoms with Gasteiger partial charge in [0.05, 0.1) is 18.1 Å². The Morgan fingerprint density at radius 3 is 2.92 bits per heavy atom. The number of aryl methyl sites for hydroxylation is 1. The van der Waals surface area contributed by atoms with Crippen LogP contribution in [0.4, 0.5) is 0 Å². The van der Waals surface area contributed by atoms with E-state index in [9.17, 15) is 0 Å². The van der Waals surface area contributed by atoms with Gasteiger partial charge in [-0.15, -0.1) is 15.3 Å². The topological polar surface area (TPSA) is 81.7 Å². The Kier molecular flexibility index (Phi) is 4.79. The fraction of sp³-hybridized carbons (Fsp3) is 0.474. The van der Waals surface area contributed by atoms with E-state index in [1.807, 2.05) is 23.9 Å². The second-order valence-electron chi connectivity index (χ2n) is 7.09. The summed E-state index contributed by atoms with van der Waals surface area (Å²) in [6.07, 6.45) is 7.96. The van der Waals surface area contributed by atoms with Crippen molar-refractivity contribution in [2.75, 3.05) is 0 Å². The van der Waals surface area contributed by atoms with E-state index in [2.05, 4.69) is 50.9 Å². The van der Waals surface area contributed by atoms with Crippen LogP contribution in [0, 0.1) is 12.8 Å². The van der Waals surface area contributed by atoms with E-state index >= 15 is 0 Å². The Morgan fingerprint density at radius 2 is 2.15 bits per heavy atom. The smallest absolute Gasteiger partial charge is 0.216 e. The number of hydrogen-bond donors (Lipinski definition) is 1. The molecule has 1 aliphatic rings.